The van der Waals surface area contributed by atoms with Crippen molar-refractivity contribution < 1.29 is 13.2 Å². The number of nitrogens with one attached hydrogen (secondary N) is 1. The number of carbonyl (C=O) groups excluding carboxylic acids is 1. The molecule has 0 bridgehead atoms. The Morgan fingerprint density at radius 3 is 2.37 bits per heavy atom. The Kier molecular flexibility index (Phi) is 7.99. The van der Waals surface area contributed by atoms with Gasteiger partial charge in [0.15, 0.2) is 0 Å². The van der Waals surface area contributed by atoms with Gasteiger partial charge in [0.2, 0.25) is 15.9 Å². The van der Waals surface area contributed by atoms with Gasteiger partial charge in [-0.3, -0.25) is 4.79 Å². The van der Waals surface area contributed by atoms with Crippen LogP contribution in [0.15, 0.2) is 61.2 Å². The number of hydrogen-bond donors (Lipinski definition) is 1. The molecule has 204 valence electrons. The molecule has 2 aliphatic carbocycles. The van der Waals surface area contributed by atoms with Gasteiger partial charge < -0.3 is 4.90 Å². The van der Waals surface area contributed by atoms with Crippen LogP contribution in [0.2, 0.25) is 10.0 Å². The molecule has 4 atom stereocenters. The first-order valence-corrected chi connectivity index (χ1v) is 15.9. The topological polar surface area (TPSA) is 66.5 Å². The van der Waals surface area contributed by atoms with Crippen molar-refractivity contribution in [1.29, 1.82) is 0 Å². The lowest BCUT2D eigenvalue weighted by atomic mass is 9.65. The fourth-order valence-corrected chi connectivity index (χ4v) is 7.94. The highest BCUT2D eigenvalue weighted by Crippen LogP contribution is 2.55. The maximum Gasteiger partial charge on any atom is 0.229 e. The van der Waals surface area contributed by atoms with Crippen molar-refractivity contribution in [2.45, 2.75) is 75.1 Å². The summed E-state index contributed by atoms with van der Waals surface area (Å²) in [4.78, 5) is 16.7. The average Bonchev–Trinajstić information content (AvgIpc) is 3.80. The van der Waals surface area contributed by atoms with E-state index in [1.807, 2.05) is 53.4 Å². The zero-order chi connectivity index (χ0) is 27.1. The maximum absolute atomic E-state index is 14.7. The van der Waals surface area contributed by atoms with E-state index in [1.54, 1.807) is 0 Å². The van der Waals surface area contributed by atoms with E-state index in [-0.39, 0.29) is 41.6 Å². The number of hydrogen-bond acceptors (Lipinski definition) is 3. The molecule has 1 unspecified atom stereocenters. The minimum atomic E-state index is -3.39. The molecule has 5 rings (SSSR count). The molecule has 1 amide bonds. The Bertz CT molecular complexity index is 1290. The summed E-state index contributed by atoms with van der Waals surface area (Å²) >= 11 is 12.7. The molecule has 5 nitrogen and oxygen atoms in total. The van der Waals surface area contributed by atoms with Crippen molar-refractivity contribution in [3.05, 3.63) is 82.4 Å². The third-order valence-corrected chi connectivity index (χ3v) is 11.1. The third kappa shape index (κ3) is 5.56. The van der Waals surface area contributed by atoms with E-state index in [9.17, 15) is 13.2 Å². The van der Waals surface area contributed by atoms with E-state index < -0.39 is 15.4 Å². The summed E-state index contributed by atoms with van der Waals surface area (Å²) in [5.41, 5.74) is 1.44. The molecule has 3 aliphatic rings. The molecule has 2 aromatic rings. The van der Waals surface area contributed by atoms with Crippen LogP contribution in [0, 0.1) is 11.3 Å². The van der Waals surface area contributed by atoms with Gasteiger partial charge in [0.25, 0.3) is 0 Å². The Morgan fingerprint density at radius 1 is 1.08 bits per heavy atom. The number of carbonyl (C=O) groups is 1. The number of halogens is 2. The van der Waals surface area contributed by atoms with Gasteiger partial charge in [-0.1, -0.05) is 60.5 Å². The monoisotopic (exact) mass is 574 g/mol. The van der Waals surface area contributed by atoms with Crippen LogP contribution >= 0.6 is 23.2 Å². The molecule has 0 spiro atoms. The molecule has 8 heteroatoms. The van der Waals surface area contributed by atoms with Crippen LogP contribution in [0.4, 0.5) is 0 Å². The van der Waals surface area contributed by atoms with Gasteiger partial charge in [-0.2, -0.15) is 0 Å². The van der Waals surface area contributed by atoms with Crippen molar-refractivity contribution in [3.8, 4) is 0 Å². The summed E-state index contributed by atoms with van der Waals surface area (Å²) in [6, 6.07) is 15.1. The number of piperidine rings is 1. The normalized spacial score (nSPS) is 26.8. The number of sulfonamides is 1. The van der Waals surface area contributed by atoms with E-state index in [4.69, 9.17) is 23.2 Å². The molecule has 1 N–H and O–H groups in total. The van der Waals surface area contributed by atoms with Gasteiger partial charge in [0, 0.05) is 28.5 Å². The fraction of sp³-hybridized carbons (Fsp3) is 0.500. The van der Waals surface area contributed by atoms with Crippen LogP contribution < -0.4 is 4.72 Å². The minimum Gasteiger partial charge on any atom is -0.330 e. The standard InChI is InChI=1S/C30H36Cl2N2O3S/c1-3-16-30(4-2)18-26(22-6-5-7-24(32)17-22)28(21-10-12-23(31)13-11-21)34(29(30)35)27(20-8-9-20)19-33-38(36,37)25-14-15-25/h3,5-7,10-13,17,20,25-28,33H,1,4,8-9,14-16,18-19H2,2H3/t26-,27?,28-,30+/m1/s1. The number of benzene rings is 2. The minimum absolute atomic E-state index is 0.0336. The second kappa shape index (κ2) is 11.0. The molecule has 3 fully saturated rings. The number of allylic oxidation sites excluding steroid dienone is 1. The van der Waals surface area contributed by atoms with Crippen molar-refractivity contribution in [2.24, 2.45) is 11.3 Å². The zero-order valence-electron chi connectivity index (χ0n) is 21.8. The summed E-state index contributed by atoms with van der Waals surface area (Å²) in [5, 5.41) is 0.982. The quantitative estimate of drug-likeness (QED) is 0.297. The van der Waals surface area contributed by atoms with Crippen LogP contribution in [0.3, 0.4) is 0 Å². The second-order valence-electron chi connectivity index (χ2n) is 11.2. The van der Waals surface area contributed by atoms with Gasteiger partial charge >= 0.3 is 0 Å². The summed E-state index contributed by atoms with van der Waals surface area (Å²) < 4.78 is 28.6. The number of nitrogens with zero attached hydrogens (tertiary/aromatic N) is 1. The predicted octanol–water partition coefficient (Wildman–Crippen LogP) is 6.88. The molecule has 1 aliphatic heterocycles. The lowest BCUT2D eigenvalue weighted by Crippen LogP contribution is -2.59. The Balaban J connectivity index is 1.64. The molecule has 38 heavy (non-hydrogen) atoms. The molecular formula is C30H36Cl2N2O3S. The summed E-state index contributed by atoms with van der Waals surface area (Å²) in [5.74, 6) is 0.307. The first kappa shape index (κ1) is 27.7. The second-order valence-corrected chi connectivity index (χ2v) is 14.1. The highest BCUT2D eigenvalue weighted by Gasteiger charge is 2.54. The number of likely N-dealkylation sites (tertiary alicyclic amines) is 1. The molecule has 1 heterocycles. The van der Waals surface area contributed by atoms with Gasteiger partial charge in [-0.25, -0.2) is 13.1 Å². The van der Waals surface area contributed by atoms with Crippen LogP contribution in [-0.2, 0) is 14.8 Å². The molecule has 2 aromatic carbocycles. The van der Waals surface area contributed by atoms with Crippen molar-refractivity contribution in [3.63, 3.8) is 0 Å². The Labute approximate surface area is 236 Å². The number of amides is 1. The highest BCUT2D eigenvalue weighted by molar-refractivity contribution is 7.90. The van der Waals surface area contributed by atoms with E-state index in [1.165, 1.54) is 0 Å². The number of rotatable bonds is 11. The van der Waals surface area contributed by atoms with Gasteiger partial charge in [-0.15, -0.1) is 6.58 Å². The highest BCUT2D eigenvalue weighted by atomic mass is 35.5. The maximum atomic E-state index is 14.7. The Morgan fingerprint density at radius 2 is 1.79 bits per heavy atom. The van der Waals surface area contributed by atoms with E-state index in [0.717, 1.165) is 24.0 Å². The zero-order valence-corrected chi connectivity index (χ0v) is 24.1. The first-order chi connectivity index (χ1) is 18.2. The van der Waals surface area contributed by atoms with Crippen molar-refractivity contribution in [1.82, 2.24) is 9.62 Å². The van der Waals surface area contributed by atoms with Crippen molar-refractivity contribution >= 4 is 39.1 Å². The van der Waals surface area contributed by atoms with E-state index in [2.05, 4.69) is 24.3 Å². The fourth-order valence-electron chi connectivity index (χ4n) is 6.22. The average molecular weight is 576 g/mol. The molecule has 1 saturated heterocycles. The van der Waals surface area contributed by atoms with E-state index >= 15 is 0 Å². The third-order valence-electron chi connectivity index (χ3n) is 8.66. The molecule has 0 aromatic heterocycles. The SMILES string of the molecule is C=CC[C@@]1(CC)C[C@H](c2cccc(Cl)c2)[C@@H](c2ccc(Cl)cc2)N(C(CNS(=O)(=O)C2CC2)C2CC2)C1=O. The Hall–Kier alpha value is -1.86. The molecule has 2 saturated carbocycles. The van der Waals surface area contributed by atoms with Crippen molar-refractivity contribution in [2.75, 3.05) is 6.54 Å². The van der Waals surface area contributed by atoms with Crippen LogP contribution in [0.1, 0.15) is 75.0 Å². The van der Waals surface area contributed by atoms with Gasteiger partial charge in [-0.05, 0) is 86.3 Å². The summed E-state index contributed by atoms with van der Waals surface area (Å²) in [7, 11) is -3.39. The molecule has 0 radical (unpaired) electrons. The lowest BCUT2D eigenvalue weighted by molar-refractivity contribution is -0.156. The smallest absolute Gasteiger partial charge is 0.229 e. The largest absolute Gasteiger partial charge is 0.330 e. The molecular weight excluding hydrogens is 539 g/mol. The first-order valence-electron chi connectivity index (χ1n) is 13.6. The van der Waals surface area contributed by atoms with Gasteiger partial charge in [0.05, 0.1) is 16.7 Å². The summed E-state index contributed by atoms with van der Waals surface area (Å²) in [6.45, 7) is 6.30. The lowest BCUT2D eigenvalue weighted by Gasteiger charge is -2.53. The van der Waals surface area contributed by atoms with Crippen LogP contribution in [-0.4, -0.2) is 37.1 Å². The van der Waals surface area contributed by atoms with Gasteiger partial charge in [0.1, 0.15) is 0 Å². The predicted molar refractivity (Wildman–Crippen MR) is 154 cm³/mol. The van der Waals surface area contributed by atoms with Crippen LogP contribution in [0.25, 0.3) is 0 Å². The van der Waals surface area contributed by atoms with Crippen LogP contribution in [0.5, 0.6) is 0 Å². The van der Waals surface area contributed by atoms with E-state index in [0.29, 0.717) is 42.1 Å². The summed E-state index contributed by atoms with van der Waals surface area (Å²) in [6.07, 6.45) is 7.11.